The molecule has 10 heteroatoms. The van der Waals surface area contributed by atoms with Gasteiger partial charge in [-0.05, 0) is 12.8 Å². The van der Waals surface area contributed by atoms with E-state index in [-0.39, 0.29) is 6.04 Å². The fourth-order valence-corrected chi connectivity index (χ4v) is 5.87. The van der Waals surface area contributed by atoms with Gasteiger partial charge in [-0.25, -0.2) is 9.97 Å². The summed E-state index contributed by atoms with van der Waals surface area (Å²) in [6.07, 6.45) is 3.44. The lowest BCUT2D eigenvalue weighted by atomic mass is 10.0. The highest BCUT2D eigenvalue weighted by molar-refractivity contribution is 7.86. The average molecular weight is 397 g/mol. The molecule has 0 spiro atoms. The molecule has 0 aromatic carbocycles. The second kappa shape index (κ2) is 7.96. The van der Waals surface area contributed by atoms with Crippen LogP contribution in [0, 0.1) is 0 Å². The summed E-state index contributed by atoms with van der Waals surface area (Å²) in [6, 6.07) is -0.307. The Kier molecular flexibility index (Phi) is 5.60. The lowest BCUT2D eigenvalue weighted by molar-refractivity contribution is 0.0680. The van der Waals surface area contributed by atoms with E-state index in [0.29, 0.717) is 38.7 Å². The molecule has 4 rings (SSSR count). The van der Waals surface area contributed by atoms with E-state index in [0.717, 1.165) is 55.8 Å². The first-order valence-electron chi connectivity index (χ1n) is 9.74. The number of nitrogens with one attached hydrogen (secondary N) is 2. The van der Waals surface area contributed by atoms with Crippen molar-refractivity contribution in [3.63, 3.8) is 0 Å². The highest BCUT2D eigenvalue weighted by Crippen LogP contribution is 2.34. The van der Waals surface area contributed by atoms with Gasteiger partial charge in [0.05, 0.1) is 24.9 Å². The molecule has 9 nitrogen and oxygen atoms in total. The number of fused-ring (bicyclic) bond motifs is 1. The van der Waals surface area contributed by atoms with Crippen molar-refractivity contribution in [3.8, 4) is 0 Å². The molecule has 4 heterocycles. The zero-order valence-electron chi connectivity index (χ0n) is 15.8. The molecule has 0 saturated carbocycles. The number of hydrogen-bond donors (Lipinski definition) is 2. The predicted octanol–water partition coefficient (Wildman–Crippen LogP) is 0.268. The fourth-order valence-electron chi connectivity index (χ4n) is 4.08. The standard InChI is InChI=1S/C17H28N6O3S/c1-18-16-13-12-19-6-5-14(13)20-17(21-16)15-4-2-3-7-23(15)27(24,25)22-8-10-26-11-9-22/h15,19H,2-12H2,1H3,(H,18,20,21). The molecule has 0 aliphatic carbocycles. The van der Waals surface area contributed by atoms with Gasteiger partial charge in [0, 0.05) is 51.8 Å². The van der Waals surface area contributed by atoms with Gasteiger partial charge < -0.3 is 15.4 Å². The molecule has 0 bridgehead atoms. The molecule has 150 valence electrons. The van der Waals surface area contributed by atoms with Gasteiger partial charge in [0.2, 0.25) is 0 Å². The first-order valence-corrected chi connectivity index (χ1v) is 11.1. The number of aromatic nitrogens is 2. The summed E-state index contributed by atoms with van der Waals surface area (Å²) in [7, 11) is -1.70. The number of morpholine rings is 1. The van der Waals surface area contributed by atoms with Gasteiger partial charge in [-0.1, -0.05) is 6.42 Å². The van der Waals surface area contributed by atoms with Crippen LogP contribution in [-0.2, 0) is 27.9 Å². The number of ether oxygens (including phenoxy) is 1. The summed E-state index contributed by atoms with van der Waals surface area (Å²) in [5.41, 5.74) is 2.11. The SMILES string of the molecule is CNc1nc(C2CCCCN2S(=O)(=O)N2CCOCC2)nc2c1CNCC2. The fraction of sp³-hybridized carbons (Fsp3) is 0.765. The maximum Gasteiger partial charge on any atom is 0.282 e. The number of hydrogen-bond acceptors (Lipinski definition) is 7. The van der Waals surface area contributed by atoms with Crippen molar-refractivity contribution in [1.82, 2.24) is 23.9 Å². The minimum atomic E-state index is -3.55. The van der Waals surface area contributed by atoms with Gasteiger partial charge in [0.1, 0.15) is 11.6 Å². The smallest absolute Gasteiger partial charge is 0.282 e. The van der Waals surface area contributed by atoms with E-state index in [1.165, 1.54) is 4.31 Å². The first kappa shape index (κ1) is 19.0. The highest BCUT2D eigenvalue weighted by Gasteiger charge is 2.39. The van der Waals surface area contributed by atoms with Crippen molar-refractivity contribution >= 4 is 16.0 Å². The van der Waals surface area contributed by atoms with E-state index in [2.05, 4.69) is 10.6 Å². The normalized spacial score (nSPS) is 25.1. The largest absolute Gasteiger partial charge is 0.379 e. The average Bonchev–Trinajstić information content (AvgIpc) is 2.73. The number of nitrogens with zero attached hydrogens (tertiary/aromatic N) is 4. The van der Waals surface area contributed by atoms with E-state index in [4.69, 9.17) is 14.7 Å². The summed E-state index contributed by atoms with van der Waals surface area (Å²) in [5.74, 6) is 1.42. The molecular weight excluding hydrogens is 368 g/mol. The third-order valence-electron chi connectivity index (χ3n) is 5.53. The van der Waals surface area contributed by atoms with Gasteiger partial charge in [0.15, 0.2) is 0 Å². The van der Waals surface area contributed by atoms with Crippen LogP contribution in [0.4, 0.5) is 5.82 Å². The molecule has 2 fully saturated rings. The number of rotatable bonds is 4. The van der Waals surface area contributed by atoms with E-state index < -0.39 is 10.2 Å². The molecule has 3 aliphatic heterocycles. The Labute approximate surface area is 160 Å². The Balaban J connectivity index is 1.68. The quantitative estimate of drug-likeness (QED) is 0.753. The van der Waals surface area contributed by atoms with Crippen molar-refractivity contribution in [2.24, 2.45) is 0 Å². The molecule has 3 aliphatic rings. The molecule has 2 saturated heterocycles. The molecule has 1 unspecified atom stereocenters. The number of anilines is 1. The first-order chi connectivity index (χ1) is 13.1. The van der Waals surface area contributed by atoms with Crippen LogP contribution >= 0.6 is 0 Å². The monoisotopic (exact) mass is 396 g/mol. The van der Waals surface area contributed by atoms with Gasteiger partial charge in [0.25, 0.3) is 10.2 Å². The Morgan fingerprint density at radius 2 is 2.00 bits per heavy atom. The van der Waals surface area contributed by atoms with Crippen molar-refractivity contribution in [1.29, 1.82) is 0 Å². The van der Waals surface area contributed by atoms with Crippen LogP contribution in [0.3, 0.4) is 0 Å². The summed E-state index contributed by atoms with van der Waals surface area (Å²) < 4.78 is 35.0. The molecule has 1 aromatic heterocycles. The summed E-state index contributed by atoms with van der Waals surface area (Å²) in [4.78, 5) is 9.54. The lowest BCUT2D eigenvalue weighted by Gasteiger charge is -2.38. The van der Waals surface area contributed by atoms with Crippen molar-refractivity contribution in [2.45, 2.75) is 38.3 Å². The van der Waals surface area contributed by atoms with Crippen LogP contribution in [0.1, 0.15) is 42.4 Å². The lowest BCUT2D eigenvalue weighted by Crippen LogP contribution is -2.51. The second-order valence-electron chi connectivity index (χ2n) is 7.17. The van der Waals surface area contributed by atoms with E-state index in [1.807, 2.05) is 7.05 Å². The van der Waals surface area contributed by atoms with Crippen LogP contribution in [-0.4, -0.2) is 73.4 Å². The second-order valence-corrected chi connectivity index (χ2v) is 9.06. The molecule has 1 atom stereocenters. The van der Waals surface area contributed by atoms with Gasteiger partial charge in [-0.15, -0.1) is 0 Å². The molecule has 2 N–H and O–H groups in total. The van der Waals surface area contributed by atoms with Crippen LogP contribution in [0.15, 0.2) is 0 Å². The molecule has 27 heavy (non-hydrogen) atoms. The maximum atomic E-state index is 13.3. The maximum absolute atomic E-state index is 13.3. The van der Waals surface area contributed by atoms with Crippen LogP contribution < -0.4 is 10.6 Å². The molecule has 1 aromatic rings. The Morgan fingerprint density at radius 3 is 2.78 bits per heavy atom. The van der Waals surface area contributed by atoms with Gasteiger partial charge in [-0.3, -0.25) is 0 Å². The Morgan fingerprint density at radius 1 is 1.19 bits per heavy atom. The van der Waals surface area contributed by atoms with E-state index in [1.54, 1.807) is 4.31 Å². The van der Waals surface area contributed by atoms with Crippen LogP contribution in [0.2, 0.25) is 0 Å². The van der Waals surface area contributed by atoms with Crippen LogP contribution in [0.5, 0.6) is 0 Å². The van der Waals surface area contributed by atoms with Crippen molar-refractivity contribution in [2.75, 3.05) is 51.8 Å². The van der Waals surface area contributed by atoms with Crippen molar-refractivity contribution < 1.29 is 13.2 Å². The van der Waals surface area contributed by atoms with Crippen molar-refractivity contribution in [3.05, 3.63) is 17.1 Å². The zero-order chi connectivity index (χ0) is 18.9. The Hall–Kier alpha value is -1.33. The number of piperidine rings is 1. The minimum absolute atomic E-state index is 0.307. The van der Waals surface area contributed by atoms with E-state index in [9.17, 15) is 8.42 Å². The van der Waals surface area contributed by atoms with E-state index >= 15 is 0 Å². The topological polar surface area (TPSA) is 99.7 Å². The molecule has 0 amide bonds. The zero-order valence-corrected chi connectivity index (χ0v) is 16.6. The van der Waals surface area contributed by atoms with Crippen LogP contribution in [0.25, 0.3) is 0 Å². The highest BCUT2D eigenvalue weighted by atomic mass is 32.2. The summed E-state index contributed by atoms with van der Waals surface area (Å²) in [6.45, 7) is 3.85. The predicted molar refractivity (Wildman–Crippen MR) is 102 cm³/mol. The minimum Gasteiger partial charge on any atom is -0.379 e. The summed E-state index contributed by atoms with van der Waals surface area (Å²) >= 11 is 0. The third-order valence-corrected chi connectivity index (χ3v) is 7.58. The summed E-state index contributed by atoms with van der Waals surface area (Å²) in [5, 5.41) is 6.51. The molecular formula is C17H28N6O3S. The Bertz CT molecular complexity index is 764. The molecule has 0 radical (unpaired) electrons. The third kappa shape index (κ3) is 3.68. The van der Waals surface area contributed by atoms with Gasteiger partial charge >= 0.3 is 0 Å². The van der Waals surface area contributed by atoms with Gasteiger partial charge in [-0.2, -0.15) is 17.0 Å².